The quantitative estimate of drug-likeness (QED) is 0.490. The number of imidazole rings is 1. The maximum absolute atomic E-state index is 4.76. The van der Waals surface area contributed by atoms with Gasteiger partial charge in [0.05, 0.1) is 16.1 Å². The van der Waals surface area contributed by atoms with Crippen molar-refractivity contribution in [2.24, 2.45) is 0 Å². The van der Waals surface area contributed by atoms with Gasteiger partial charge in [0.25, 0.3) is 0 Å². The Morgan fingerprint density at radius 3 is 2.43 bits per heavy atom. The van der Waals surface area contributed by atoms with Crippen LogP contribution in [0.4, 0.5) is 0 Å². The van der Waals surface area contributed by atoms with Crippen LogP contribution in [0.2, 0.25) is 0 Å². The maximum atomic E-state index is 4.76. The zero-order chi connectivity index (χ0) is 14.2. The highest BCUT2D eigenvalue weighted by molar-refractivity contribution is 7.98. The molecule has 0 radical (unpaired) electrons. The summed E-state index contributed by atoms with van der Waals surface area (Å²) in [5.41, 5.74) is 5.64. The predicted molar refractivity (Wildman–Crippen MR) is 89.9 cm³/mol. The van der Waals surface area contributed by atoms with E-state index in [1.165, 1.54) is 16.2 Å². The van der Waals surface area contributed by atoms with E-state index >= 15 is 0 Å². The van der Waals surface area contributed by atoms with Crippen molar-refractivity contribution in [3.05, 3.63) is 66.7 Å². The standard InChI is InChI=1S/C18H14N2S/c1-21-18-12-14(13-7-3-2-4-8-13)11-17-19-15-9-5-6-10-16(15)20(17)18/h2-12H,1H3. The van der Waals surface area contributed by atoms with Crippen molar-refractivity contribution < 1.29 is 0 Å². The number of nitrogens with zero attached hydrogens (tertiary/aromatic N) is 2. The predicted octanol–water partition coefficient (Wildman–Crippen LogP) is 4.88. The van der Waals surface area contributed by atoms with Crippen LogP contribution in [0.25, 0.3) is 27.8 Å². The van der Waals surface area contributed by atoms with Crippen LogP contribution >= 0.6 is 11.8 Å². The molecule has 4 rings (SSSR count). The highest BCUT2D eigenvalue weighted by atomic mass is 32.2. The van der Waals surface area contributed by atoms with Gasteiger partial charge in [-0.15, -0.1) is 11.8 Å². The van der Waals surface area contributed by atoms with Gasteiger partial charge >= 0.3 is 0 Å². The lowest BCUT2D eigenvalue weighted by atomic mass is 10.1. The average Bonchev–Trinajstić information content (AvgIpc) is 2.93. The highest BCUT2D eigenvalue weighted by Gasteiger charge is 2.10. The van der Waals surface area contributed by atoms with E-state index in [4.69, 9.17) is 4.98 Å². The van der Waals surface area contributed by atoms with E-state index in [2.05, 4.69) is 65.3 Å². The van der Waals surface area contributed by atoms with Gasteiger partial charge in [-0.25, -0.2) is 4.98 Å². The molecule has 0 bridgehead atoms. The number of pyridine rings is 1. The number of para-hydroxylation sites is 2. The Bertz CT molecular complexity index is 926. The van der Waals surface area contributed by atoms with E-state index in [9.17, 15) is 0 Å². The number of thioether (sulfide) groups is 1. The molecule has 2 heterocycles. The summed E-state index contributed by atoms with van der Waals surface area (Å²) in [6, 6.07) is 23.1. The highest BCUT2D eigenvalue weighted by Crippen LogP contribution is 2.29. The first-order chi connectivity index (χ1) is 10.4. The maximum Gasteiger partial charge on any atom is 0.139 e. The summed E-state index contributed by atoms with van der Waals surface area (Å²) in [6.45, 7) is 0. The Balaban J connectivity index is 2.07. The molecule has 2 aromatic heterocycles. The summed E-state index contributed by atoms with van der Waals surface area (Å²) in [5.74, 6) is 0. The van der Waals surface area contributed by atoms with Crippen molar-refractivity contribution in [1.82, 2.24) is 9.38 Å². The van der Waals surface area contributed by atoms with Gasteiger partial charge in [0, 0.05) is 0 Å². The summed E-state index contributed by atoms with van der Waals surface area (Å²) in [7, 11) is 0. The van der Waals surface area contributed by atoms with E-state index in [0.717, 1.165) is 16.7 Å². The summed E-state index contributed by atoms with van der Waals surface area (Å²) in [4.78, 5) is 4.76. The van der Waals surface area contributed by atoms with Crippen LogP contribution in [0.3, 0.4) is 0 Å². The van der Waals surface area contributed by atoms with Crippen LogP contribution in [-0.2, 0) is 0 Å². The van der Waals surface area contributed by atoms with E-state index in [0.29, 0.717) is 0 Å². The lowest BCUT2D eigenvalue weighted by molar-refractivity contribution is 1.06. The molecular formula is C18H14N2S. The second-order valence-electron chi connectivity index (χ2n) is 4.95. The SMILES string of the molecule is CSc1cc(-c2ccccc2)cc2nc3ccccc3n12. The first-order valence-electron chi connectivity index (χ1n) is 6.87. The normalized spacial score (nSPS) is 11.3. The molecule has 0 saturated heterocycles. The molecule has 0 saturated carbocycles. The molecule has 0 N–H and O–H groups in total. The number of benzene rings is 2. The van der Waals surface area contributed by atoms with Crippen LogP contribution in [0.1, 0.15) is 0 Å². The van der Waals surface area contributed by atoms with Gasteiger partial charge in [-0.2, -0.15) is 0 Å². The molecule has 0 unspecified atom stereocenters. The van der Waals surface area contributed by atoms with Gasteiger partial charge in [0.1, 0.15) is 5.65 Å². The van der Waals surface area contributed by atoms with Crippen LogP contribution in [0, 0.1) is 0 Å². The lowest BCUT2D eigenvalue weighted by Gasteiger charge is -2.08. The van der Waals surface area contributed by atoms with Crippen LogP contribution in [-0.4, -0.2) is 15.6 Å². The third-order valence-electron chi connectivity index (χ3n) is 3.69. The van der Waals surface area contributed by atoms with Gasteiger partial charge in [0.15, 0.2) is 0 Å². The summed E-state index contributed by atoms with van der Waals surface area (Å²) in [6.07, 6.45) is 2.11. The van der Waals surface area contributed by atoms with E-state index in [1.54, 1.807) is 11.8 Å². The molecule has 0 aliphatic carbocycles. The van der Waals surface area contributed by atoms with Crippen molar-refractivity contribution in [3.63, 3.8) is 0 Å². The molecule has 3 heteroatoms. The summed E-state index contributed by atoms with van der Waals surface area (Å²) in [5, 5.41) is 1.21. The van der Waals surface area contributed by atoms with Gasteiger partial charge in [-0.05, 0) is 41.6 Å². The fraction of sp³-hybridized carbons (Fsp3) is 0.0556. The van der Waals surface area contributed by atoms with E-state index in [-0.39, 0.29) is 0 Å². The minimum absolute atomic E-state index is 1.00. The molecule has 0 amide bonds. The molecular weight excluding hydrogens is 276 g/mol. The largest absolute Gasteiger partial charge is 0.287 e. The van der Waals surface area contributed by atoms with Gasteiger partial charge in [0.2, 0.25) is 0 Å². The van der Waals surface area contributed by atoms with Crippen LogP contribution < -0.4 is 0 Å². The first-order valence-corrected chi connectivity index (χ1v) is 8.10. The Morgan fingerprint density at radius 2 is 1.62 bits per heavy atom. The monoisotopic (exact) mass is 290 g/mol. The number of hydrogen-bond donors (Lipinski definition) is 0. The average molecular weight is 290 g/mol. The van der Waals surface area contributed by atoms with Crippen molar-refractivity contribution in [2.75, 3.05) is 6.26 Å². The molecule has 0 atom stereocenters. The second kappa shape index (κ2) is 4.93. The summed E-state index contributed by atoms with van der Waals surface area (Å²) < 4.78 is 2.23. The van der Waals surface area contributed by atoms with Crippen molar-refractivity contribution in [1.29, 1.82) is 0 Å². The first kappa shape index (κ1) is 12.5. The smallest absolute Gasteiger partial charge is 0.139 e. The zero-order valence-corrected chi connectivity index (χ0v) is 12.5. The molecule has 21 heavy (non-hydrogen) atoms. The Hall–Kier alpha value is -2.26. The molecule has 2 aromatic carbocycles. The molecule has 102 valence electrons. The van der Waals surface area contributed by atoms with Gasteiger partial charge in [-0.3, -0.25) is 4.40 Å². The molecule has 0 aliphatic heterocycles. The minimum atomic E-state index is 1.00. The molecule has 0 fully saturated rings. The van der Waals surface area contributed by atoms with Crippen molar-refractivity contribution in [3.8, 4) is 11.1 Å². The summed E-state index contributed by atoms with van der Waals surface area (Å²) >= 11 is 1.75. The fourth-order valence-electron chi connectivity index (χ4n) is 2.70. The second-order valence-corrected chi connectivity index (χ2v) is 5.77. The van der Waals surface area contributed by atoms with Crippen LogP contribution in [0.15, 0.2) is 71.8 Å². The Labute approximate surface area is 127 Å². The Kier molecular flexibility index (Phi) is 2.93. The number of rotatable bonds is 2. The van der Waals surface area contributed by atoms with Crippen molar-refractivity contribution in [2.45, 2.75) is 5.03 Å². The molecule has 0 aliphatic rings. The minimum Gasteiger partial charge on any atom is -0.287 e. The van der Waals surface area contributed by atoms with Crippen molar-refractivity contribution >= 4 is 28.4 Å². The Morgan fingerprint density at radius 1 is 0.857 bits per heavy atom. The zero-order valence-electron chi connectivity index (χ0n) is 11.7. The fourth-order valence-corrected chi connectivity index (χ4v) is 3.32. The third-order valence-corrected chi connectivity index (χ3v) is 4.41. The number of hydrogen-bond acceptors (Lipinski definition) is 2. The number of aromatic nitrogens is 2. The van der Waals surface area contributed by atoms with Crippen LogP contribution in [0.5, 0.6) is 0 Å². The lowest BCUT2D eigenvalue weighted by Crippen LogP contribution is -1.91. The molecule has 2 nitrogen and oxygen atoms in total. The number of fused-ring (bicyclic) bond motifs is 3. The molecule has 4 aromatic rings. The molecule has 0 spiro atoms. The van der Waals surface area contributed by atoms with E-state index in [1.807, 2.05) is 12.1 Å². The third kappa shape index (κ3) is 2.01. The van der Waals surface area contributed by atoms with E-state index < -0.39 is 0 Å². The van der Waals surface area contributed by atoms with Gasteiger partial charge in [-0.1, -0.05) is 42.5 Å². The van der Waals surface area contributed by atoms with Gasteiger partial charge < -0.3 is 0 Å². The topological polar surface area (TPSA) is 17.3 Å².